The maximum Gasteiger partial charge on any atom is 0.323 e. The number of hydrogen-bond donors (Lipinski definition) is 1. The first-order chi connectivity index (χ1) is 13.0. The summed E-state index contributed by atoms with van der Waals surface area (Å²) in [5, 5.41) is 9.24. The number of rotatable bonds is 5. The molecule has 0 bridgehead atoms. The molecule has 1 aliphatic heterocycles. The van der Waals surface area contributed by atoms with E-state index in [9.17, 15) is 19.1 Å². The number of amides is 1. The van der Waals surface area contributed by atoms with E-state index in [1.54, 1.807) is 12.1 Å². The number of halogens is 1. The van der Waals surface area contributed by atoms with Crippen LogP contribution in [0.2, 0.25) is 0 Å². The van der Waals surface area contributed by atoms with E-state index in [-0.39, 0.29) is 36.1 Å². The molecule has 2 atom stereocenters. The standard InChI is InChI=1S/C21H20FNO4/c22-15-7-5-14(6-8-15)12-23(13-19(24)25)20(26)17-11-21(17)9-10-27-18-4-2-1-3-16(18)21/h1-8,17H,9-13H2,(H,24,25)/t17-,21-/m0/s1. The van der Waals surface area contributed by atoms with Crippen molar-refractivity contribution in [3.63, 3.8) is 0 Å². The summed E-state index contributed by atoms with van der Waals surface area (Å²) in [7, 11) is 0. The Morgan fingerprint density at radius 3 is 2.67 bits per heavy atom. The van der Waals surface area contributed by atoms with E-state index in [0.717, 1.165) is 17.7 Å². The lowest BCUT2D eigenvalue weighted by Crippen LogP contribution is -2.38. The third kappa shape index (κ3) is 3.27. The number of carbonyl (C=O) groups is 2. The van der Waals surface area contributed by atoms with Gasteiger partial charge < -0.3 is 14.7 Å². The molecular weight excluding hydrogens is 349 g/mol. The van der Waals surface area contributed by atoms with Crippen LogP contribution in [-0.2, 0) is 21.5 Å². The number of ether oxygens (including phenoxy) is 1. The van der Waals surface area contributed by atoms with E-state index in [0.29, 0.717) is 18.6 Å². The Morgan fingerprint density at radius 2 is 1.93 bits per heavy atom. The van der Waals surface area contributed by atoms with Gasteiger partial charge in [-0.25, -0.2) is 4.39 Å². The maximum absolute atomic E-state index is 13.1. The van der Waals surface area contributed by atoms with Gasteiger partial charge in [0.05, 0.1) is 6.61 Å². The lowest BCUT2D eigenvalue weighted by Gasteiger charge is -2.28. The molecule has 1 heterocycles. The lowest BCUT2D eigenvalue weighted by molar-refractivity contribution is -0.145. The second-order valence-electron chi connectivity index (χ2n) is 7.22. The highest BCUT2D eigenvalue weighted by Gasteiger charge is 2.61. The monoisotopic (exact) mass is 369 g/mol. The van der Waals surface area contributed by atoms with Crippen LogP contribution in [0.15, 0.2) is 48.5 Å². The molecule has 2 aliphatic rings. The van der Waals surface area contributed by atoms with E-state index in [1.807, 2.05) is 24.3 Å². The summed E-state index contributed by atoms with van der Waals surface area (Å²) in [6.45, 7) is 0.328. The van der Waals surface area contributed by atoms with Crippen LogP contribution < -0.4 is 4.74 Å². The fourth-order valence-electron chi connectivity index (χ4n) is 4.09. The Labute approximate surface area is 156 Å². The molecule has 6 heteroatoms. The van der Waals surface area contributed by atoms with E-state index in [4.69, 9.17) is 4.74 Å². The average molecular weight is 369 g/mol. The van der Waals surface area contributed by atoms with E-state index >= 15 is 0 Å². The van der Waals surface area contributed by atoms with Gasteiger partial charge in [0, 0.05) is 23.4 Å². The van der Waals surface area contributed by atoms with E-state index in [1.165, 1.54) is 17.0 Å². The third-order valence-electron chi connectivity index (χ3n) is 5.53. The zero-order valence-electron chi connectivity index (χ0n) is 14.7. The van der Waals surface area contributed by atoms with Crippen LogP contribution in [0.5, 0.6) is 5.75 Å². The van der Waals surface area contributed by atoms with Gasteiger partial charge in [-0.3, -0.25) is 9.59 Å². The largest absolute Gasteiger partial charge is 0.493 e. The summed E-state index contributed by atoms with van der Waals surface area (Å²) >= 11 is 0. The molecule has 2 aromatic carbocycles. The number of fused-ring (bicyclic) bond motifs is 2. The summed E-state index contributed by atoms with van der Waals surface area (Å²) in [5.74, 6) is -1.04. The van der Waals surface area contributed by atoms with Gasteiger partial charge in [0.25, 0.3) is 0 Å². The number of benzene rings is 2. The average Bonchev–Trinajstić information content (AvgIpc) is 3.37. The van der Waals surface area contributed by atoms with Crippen LogP contribution in [0.3, 0.4) is 0 Å². The van der Waals surface area contributed by atoms with Crippen molar-refractivity contribution in [2.24, 2.45) is 5.92 Å². The van der Waals surface area contributed by atoms with Crippen molar-refractivity contribution in [3.05, 3.63) is 65.5 Å². The van der Waals surface area contributed by atoms with Crippen LogP contribution in [0.4, 0.5) is 4.39 Å². The summed E-state index contributed by atoms with van der Waals surface area (Å²) < 4.78 is 18.8. The molecule has 27 heavy (non-hydrogen) atoms. The number of carboxylic acids is 1. The van der Waals surface area contributed by atoms with E-state index in [2.05, 4.69) is 0 Å². The minimum atomic E-state index is -1.06. The zero-order valence-corrected chi connectivity index (χ0v) is 14.7. The SMILES string of the molecule is O=C(O)CN(Cc1ccc(F)cc1)C(=O)[C@@H]1C[C@]12CCOc1ccccc12. The van der Waals surface area contributed by atoms with Crippen molar-refractivity contribution in [3.8, 4) is 5.75 Å². The Kier molecular flexibility index (Phi) is 4.34. The molecule has 0 unspecified atom stereocenters. The highest BCUT2D eigenvalue weighted by Crippen LogP contribution is 2.61. The molecule has 0 aromatic heterocycles. The topological polar surface area (TPSA) is 66.8 Å². The van der Waals surface area contributed by atoms with Gasteiger partial charge in [-0.15, -0.1) is 0 Å². The van der Waals surface area contributed by atoms with Gasteiger partial charge in [-0.05, 0) is 36.6 Å². The van der Waals surface area contributed by atoms with Crippen molar-refractivity contribution >= 4 is 11.9 Å². The Balaban J connectivity index is 1.56. The normalized spacial score (nSPS) is 22.6. The Hall–Kier alpha value is -2.89. The molecular formula is C21H20FNO4. The lowest BCUT2D eigenvalue weighted by atomic mass is 9.87. The highest BCUT2D eigenvalue weighted by atomic mass is 19.1. The molecule has 2 aromatic rings. The number of nitrogens with zero attached hydrogens (tertiary/aromatic N) is 1. The minimum Gasteiger partial charge on any atom is -0.493 e. The summed E-state index contributed by atoms with van der Waals surface area (Å²) in [5.41, 5.74) is 1.48. The molecule has 1 fully saturated rings. The van der Waals surface area contributed by atoms with Gasteiger partial charge in [0.1, 0.15) is 18.1 Å². The summed E-state index contributed by atoms with van der Waals surface area (Å²) in [6, 6.07) is 13.5. The number of carboxylic acid groups (broad SMARTS) is 1. The van der Waals surface area contributed by atoms with Gasteiger partial charge in [-0.1, -0.05) is 30.3 Å². The quantitative estimate of drug-likeness (QED) is 0.880. The maximum atomic E-state index is 13.1. The zero-order chi connectivity index (χ0) is 19.0. The number of hydrogen-bond acceptors (Lipinski definition) is 3. The molecule has 4 rings (SSSR count). The van der Waals surface area contributed by atoms with Crippen molar-refractivity contribution in [1.82, 2.24) is 4.90 Å². The molecule has 5 nitrogen and oxygen atoms in total. The highest BCUT2D eigenvalue weighted by molar-refractivity contribution is 5.87. The molecule has 140 valence electrons. The molecule has 1 amide bonds. The Morgan fingerprint density at radius 1 is 1.19 bits per heavy atom. The van der Waals surface area contributed by atoms with Gasteiger partial charge in [0.15, 0.2) is 0 Å². The predicted octanol–water partition coefficient (Wildman–Crippen LogP) is 2.98. The minimum absolute atomic E-state index is 0.149. The van der Waals surface area contributed by atoms with Gasteiger partial charge in [-0.2, -0.15) is 0 Å². The van der Waals surface area contributed by atoms with Gasteiger partial charge in [0.2, 0.25) is 5.91 Å². The van der Waals surface area contributed by atoms with Crippen LogP contribution >= 0.6 is 0 Å². The first-order valence-electron chi connectivity index (χ1n) is 8.97. The first kappa shape index (κ1) is 17.5. The number of carbonyl (C=O) groups excluding carboxylic acids is 1. The predicted molar refractivity (Wildman–Crippen MR) is 95.8 cm³/mol. The molecule has 1 aliphatic carbocycles. The van der Waals surface area contributed by atoms with Crippen LogP contribution in [0.25, 0.3) is 0 Å². The molecule has 0 saturated heterocycles. The molecule has 0 radical (unpaired) electrons. The number of aliphatic carboxylic acids is 1. The van der Waals surface area contributed by atoms with Crippen LogP contribution in [-0.4, -0.2) is 35.0 Å². The van der Waals surface area contributed by atoms with Crippen molar-refractivity contribution in [1.29, 1.82) is 0 Å². The fourth-order valence-corrected chi connectivity index (χ4v) is 4.09. The van der Waals surface area contributed by atoms with E-state index < -0.39 is 5.97 Å². The third-order valence-corrected chi connectivity index (χ3v) is 5.53. The number of para-hydroxylation sites is 1. The van der Waals surface area contributed by atoms with Gasteiger partial charge >= 0.3 is 5.97 Å². The van der Waals surface area contributed by atoms with Crippen LogP contribution in [0, 0.1) is 11.7 Å². The Bertz CT molecular complexity index is 882. The summed E-state index contributed by atoms with van der Waals surface area (Å²) in [6.07, 6.45) is 1.45. The second kappa shape index (κ2) is 6.68. The van der Waals surface area contributed by atoms with Crippen molar-refractivity contribution < 1.29 is 23.8 Å². The summed E-state index contributed by atoms with van der Waals surface area (Å²) in [4.78, 5) is 25.8. The van der Waals surface area contributed by atoms with Crippen molar-refractivity contribution in [2.75, 3.05) is 13.2 Å². The molecule has 1 saturated carbocycles. The smallest absolute Gasteiger partial charge is 0.323 e. The fraction of sp³-hybridized carbons (Fsp3) is 0.333. The molecule has 1 N–H and O–H groups in total. The first-order valence-corrected chi connectivity index (χ1v) is 8.97. The molecule has 1 spiro atoms. The second-order valence-corrected chi connectivity index (χ2v) is 7.22. The van der Waals surface area contributed by atoms with Crippen molar-refractivity contribution in [2.45, 2.75) is 24.8 Å². The van der Waals surface area contributed by atoms with Crippen LogP contribution in [0.1, 0.15) is 24.0 Å².